The van der Waals surface area contributed by atoms with Gasteiger partial charge >= 0.3 is 5.91 Å². The fourth-order valence-electron chi connectivity index (χ4n) is 4.98. The first-order valence-corrected chi connectivity index (χ1v) is 13.0. The Morgan fingerprint density at radius 1 is 1.27 bits per heavy atom. The molecule has 1 aromatic heterocycles. The predicted octanol–water partition coefficient (Wildman–Crippen LogP) is 4.78. The number of rotatable bonds is 10. The molecule has 1 saturated heterocycles. The van der Waals surface area contributed by atoms with E-state index in [4.69, 9.17) is 10.5 Å². The molecule has 5 N–H and O–H groups in total. The van der Waals surface area contributed by atoms with E-state index in [0.717, 1.165) is 18.2 Å². The van der Waals surface area contributed by atoms with Crippen LogP contribution in [0.4, 0.5) is 14.5 Å². The molecule has 40 heavy (non-hydrogen) atoms. The van der Waals surface area contributed by atoms with Crippen molar-refractivity contribution in [1.82, 2.24) is 10.3 Å². The first-order valence-electron chi connectivity index (χ1n) is 13.0. The number of amides is 1. The lowest BCUT2D eigenvalue weighted by Gasteiger charge is -2.51. The number of aliphatic hydroxyl groups excluding tert-OH is 1. The molecule has 3 aromatic rings. The Morgan fingerprint density at radius 2 is 1.98 bits per heavy atom. The maximum absolute atomic E-state index is 15.0. The van der Waals surface area contributed by atoms with E-state index in [-0.39, 0.29) is 18.2 Å². The zero-order chi connectivity index (χ0) is 29.3. The average Bonchev–Trinajstić information content (AvgIpc) is 2.91. The van der Waals surface area contributed by atoms with Gasteiger partial charge in [0.05, 0.1) is 37.6 Å². The Labute approximate surface area is 233 Å². The number of alkyl halides is 2. The van der Waals surface area contributed by atoms with Crippen molar-refractivity contribution in [3.63, 3.8) is 0 Å². The number of halogens is 2. The van der Waals surface area contributed by atoms with Gasteiger partial charge in [-0.2, -0.15) is 0 Å². The van der Waals surface area contributed by atoms with Gasteiger partial charge < -0.3 is 26.2 Å². The molecule has 1 amide bonds. The van der Waals surface area contributed by atoms with E-state index in [2.05, 4.69) is 22.2 Å². The number of likely N-dealkylation sites (N-methyl/N-ethyl adjacent to an activating group) is 1. The van der Waals surface area contributed by atoms with Gasteiger partial charge in [0, 0.05) is 55.2 Å². The minimum Gasteiger partial charge on any atom is -0.457 e. The first-order chi connectivity index (χ1) is 18.9. The molecule has 0 saturated carbocycles. The standard InChI is InChI=1S/C30H36F2N5O3/c1-6-37(5,30(18-38)16-35-17-30)28(39)24-9-7-20(13-25(24)29(3,31)32)26-14-22(11-12-36-26)40-21-8-10-23(19(2)33)27(15-21)34-4/h6-15,19,34-35,38H,1,16-18,33H2,2-5H3/q+1. The minimum absolute atomic E-state index is 0.139. The van der Waals surface area contributed by atoms with Gasteiger partial charge in [-0.25, -0.2) is 18.1 Å². The van der Waals surface area contributed by atoms with Crippen LogP contribution in [0.1, 0.15) is 41.4 Å². The molecule has 2 heterocycles. The predicted molar refractivity (Wildman–Crippen MR) is 151 cm³/mol. The molecular formula is C30H36F2N5O3+. The summed E-state index contributed by atoms with van der Waals surface area (Å²) in [7, 11) is 3.38. The Kier molecular flexibility index (Phi) is 8.09. The van der Waals surface area contributed by atoms with Crippen molar-refractivity contribution in [2.75, 3.05) is 39.1 Å². The van der Waals surface area contributed by atoms with Crippen LogP contribution < -0.4 is 21.1 Å². The van der Waals surface area contributed by atoms with E-state index in [1.807, 2.05) is 19.1 Å². The number of aromatic nitrogens is 1. The van der Waals surface area contributed by atoms with Crippen LogP contribution in [0.2, 0.25) is 0 Å². The van der Waals surface area contributed by atoms with Crippen molar-refractivity contribution in [2.45, 2.75) is 31.4 Å². The second kappa shape index (κ2) is 11.1. The van der Waals surface area contributed by atoms with Crippen LogP contribution in [0.25, 0.3) is 11.3 Å². The van der Waals surface area contributed by atoms with Crippen LogP contribution in [0.15, 0.2) is 67.5 Å². The topological polar surface area (TPSA) is 110 Å². The van der Waals surface area contributed by atoms with Gasteiger partial charge in [0.2, 0.25) is 0 Å². The number of aliphatic hydroxyl groups is 1. The molecular weight excluding hydrogens is 516 g/mol. The van der Waals surface area contributed by atoms with Crippen LogP contribution in [-0.2, 0) is 5.92 Å². The maximum Gasteiger partial charge on any atom is 0.351 e. The summed E-state index contributed by atoms with van der Waals surface area (Å²) in [5.74, 6) is -2.87. The zero-order valence-corrected chi connectivity index (χ0v) is 23.2. The lowest BCUT2D eigenvalue weighted by atomic mass is 9.86. The fraction of sp³-hybridized carbons (Fsp3) is 0.333. The summed E-state index contributed by atoms with van der Waals surface area (Å²) >= 11 is 0. The first kappa shape index (κ1) is 29.3. The van der Waals surface area contributed by atoms with Crippen molar-refractivity contribution >= 4 is 11.6 Å². The summed E-state index contributed by atoms with van der Waals surface area (Å²) in [6.45, 7) is 6.85. The molecule has 212 valence electrons. The summed E-state index contributed by atoms with van der Waals surface area (Å²) < 4.78 is 35.5. The van der Waals surface area contributed by atoms with Gasteiger partial charge in [-0.1, -0.05) is 12.1 Å². The Balaban J connectivity index is 1.70. The monoisotopic (exact) mass is 552 g/mol. The molecule has 1 aliphatic heterocycles. The summed E-state index contributed by atoms with van der Waals surface area (Å²) in [6, 6.07) is 12.9. The highest BCUT2D eigenvalue weighted by Crippen LogP contribution is 2.38. The average molecular weight is 553 g/mol. The lowest BCUT2D eigenvalue weighted by Crippen LogP contribution is -2.77. The maximum atomic E-state index is 15.0. The Bertz CT molecular complexity index is 1410. The number of hydrogen-bond donors (Lipinski definition) is 4. The largest absolute Gasteiger partial charge is 0.457 e. The summed E-state index contributed by atoms with van der Waals surface area (Å²) in [5.41, 5.74) is 7.17. The van der Waals surface area contributed by atoms with Gasteiger partial charge in [0.15, 0.2) is 5.54 Å². The van der Waals surface area contributed by atoms with E-state index in [1.165, 1.54) is 24.5 Å². The number of quaternary nitrogens is 1. The lowest BCUT2D eigenvalue weighted by molar-refractivity contribution is -0.839. The summed E-state index contributed by atoms with van der Waals surface area (Å²) in [6.07, 6.45) is 2.93. The van der Waals surface area contributed by atoms with E-state index in [0.29, 0.717) is 35.8 Å². The molecule has 10 heteroatoms. The van der Waals surface area contributed by atoms with Crippen LogP contribution in [0, 0.1) is 0 Å². The number of carbonyl (C=O) groups excluding carboxylic acids is 1. The number of ether oxygens (including phenoxy) is 1. The van der Waals surface area contributed by atoms with Crippen molar-refractivity contribution < 1.29 is 27.9 Å². The van der Waals surface area contributed by atoms with Gasteiger partial charge in [-0.05, 0) is 43.3 Å². The number of nitrogens with two attached hydrogens (primary N) is 1. The fourth-order valence-corrected chi connectivity index (χ4v) is 4.98. The van der Waals surface area contributed by atoms with Crippen LogP contribution >= 0.6 is 0 Å². The molecule has 0 bridgehead atoms. The summed E-state index contributed by atoms with van der Waals surface area (Å²) in [5, 5.41) is 16.3. The number of nitrogens with one attached hydrogen (secondary N) is 2. The molecule has 0 spiro atoms. The second-order valence-electron chi connectivity index (χ2n) is 10.5. The highest BCUT2D eigenvalue weighted by atomic mass is 19.3. The molecule has 0 radical (unpaired) electrons. The number of benzene rings is 2. The Hall–Kier alpha value is -3.70. The number of carbonyl (C=O) groups is 1. The smallest absolute Gasteiger partial charge is 0.351 e. The molecule has 2 aromatic carbocycles. The van der Waals surface area contributed by atoms with Gasteiger partial charge in [0.25, 0.3) is 5.92 Å². The van der Waals surface area contributed by atoms with Gasteiger partial charge in [0.1, 0.15) is 18.1 Å². The molecule has 0 aliphatic carbocycles. The minimum atomic E-state index is -3.32. The SMILES string of the molecule is C=C[N+](C)(C(=O)c1ccc(-c2cc(Oc3ccc(C(C)N)c(NC)c3)ccn2)cc1C(C)(F)F)C1(CO)CNC1. The normalized spacial score (nSPS) is 16.8. The molecule has 1 aliphatic rings. The van der Waals surface area contributed by atoms with E-state index >= 15 is 0 Å². The van der Waals surface area contributed by atoms with Gasteiger partial charge in [-0.15, -0.1) is 0 Å². The molecule has 8 nitrogen and oxygen atoms in total. The van der Waals surface area contributed by atoms with Crippen molar-refractivity contribution in [3.05, 3.63) is 84.2 Å². The molecule has 1 fully saturated rings. The van der Waals surface area contributed by atoms with Crippen LogP contribution in [0.3, 0.4) is 0 Å². The second-order valence-corrected chi connectivity index (χ2v) is 10.5. The Morgan fingerprint density at radius 3 is 2.52 bits per heavy atom. The third kappa shape index (κ3) is 5.23. The molecule has 4 rings (SSSR count). The number of nitrogens with zero attached hydrogens (tertiary/aromatic N) is 2. The molecule has 2 atom stereocenters. The number of hydrogen-bond acceptors (Lipinski definition) is 7. The quantitative estimate of drug-likeness (QED) is 0.268. The molecule has 2 unspecified atom stereocenters. The van der Waals surface area contributed by atoms with Gasteiger partial charge in [-0.3, -0.25) is 4.98 Å². The number of anilines is 1. The van der Waals surface area contributed by atoms with Crippen LogP contribution in [-0.4, -0.2) is 59.8 Å². The van der Waals surface area contributed by atoms with Crippen molar-refractivity contribution in [2.24, 2.45) is 5.73 Å². The van der Waals surface area contributed by atoms with Crippen LogP contribution in [0.5, 0.6) is 11.5 Å². The van der Waals surface area contributed by atoms with Crippen molar-refractivity contribution in [1.29, 1.82) is 0 Å². The number of pyridine rings is 1. The highest BCUT2D eigenvalue weighted by Gasteiger charge is 2.57. The van der Waals surface area contributed by atoms with E-state index in [1.54, 1.807) is 38.4 Å². The van der Waals surface area contributed by atoms with E-state index < -0.39 is 27.4 Å². The highest BCUT2D eigenvalue weighted by molar-refractivity contribution is 5.92. The van der Waals surface area contributed by atoms with E-state index in [9.17, 15) is 18.7 Å². The third-order valence-corrected chi connectivity index (χ3v) is 7.75. The van der Waals surface area contributed by atoms with Crippen molar-refractivity contribution in [3.8, 4) is 22.8 Å². The third-order valence-electron chi connectivity index (χ3n) is 7.75. The zero-order valence-electron chi connectivity index (χ0n) is 23.2. The summed E-state index contributed by atoms with van der Waals surface area (Å²) in [4.78, 5) is 18.1.